The van der Waals surface area contributed by atoms with Gasteiger partial charge in [0.2, 0.25) is 0 Å². The molecule has 13 aromatic carbocycles. The Hall–Kier alpha value is -13.9. The molecular formula is C92H56N12S2. The molecule has 106 heavy (non-hydrogen) atoms. The zero-order chi connectivity index (χ0) is 70.3. The standard InChI is InChI=1S/C47H29N5S.C45H27N7S/c1-3-10-30(11-4-1)31-22-24-35(25-23-31)46-48-45(34-12-5-2-6-13-34)49-47(50-46)38-15-9-14-36(28-38)32-18-20-33(21-19-32)37-26-27-42-40(29-37)43-44(53-42)39-16-7-8-17-41(39)51-52-43;1-3-10-28(11-4-1)29-20-24-33(25-21-29)43-50-42(32-12-5-2-6-13-32)51-44(52-43)35-15-9-14-34(26-35)30-18-22-31(23-19-30)38-41-39(47-27-46-38)40-45(53-41)49-37-17-8-7-16-36(37)48-40/h1-29H;1-27H. The van der Waals surface area contributed by atoms with Crippen molar-refractivity contribution in [1.29, 1.82) is 0 Å². The second kappa shape index (κ2) is 27.5. The monoisotopic (exact) mass is 1390 g/mol. The van der Waals surface area contributed by atoms with Gasteiger partial charge in [0.15, 0.2) is 34.9 Å². The molecule has 0 radical (unpaired) electrons. The highest BCUT2D eigenvalue weighted by Gasteiger charge is 2.20. The molecule has 0 aliphatic heterocycles. The van der Waals surface area contributed by atoms with Crippen molar-refractivity contribution in [2.45, 2.75) is 0 Å². The summed E-state index contributed by atoms with van der Waals surface area (Å²) in [6.45, 7) is 0. The minimum atomic E-state index is 0.613. The molecule has 0 saturated carbocycles. The molecule has 0 saturated heterocycles. The zero-order valence-corrected chi connectivity index (χ0v) is 58.1. The van der Waals surface area contributed by atoms with Gasteiger partial charge in [-0.2, -0.15) is 0 Å². The third-order valence-corrected chi connectivity index (χ3v) is 21.2. The van der Waals surface area contributed by atoms with Crippen molar-refractivity contribution in [2.75, 3.05) is 0 Å². The molecule has 14 heteroatoms. The van der Waals surface area contributed by atoms with Crippen LogP contribution in [0.4, 0.5) is 0 Å². The van der Waals surface area contributed by atoms with E-state index in [2.05, 4.69) is 234 Å². The molecule has 20 aromatic rings. The molecule has 496 valence electrons. The van der Waals surface area contributed by atoms with Crippen molar-refractivity contribution in [3.05, 3.63) is 340 Å². The van der Waals surface area contributed by atoms with Crippen LogP contribution >= 0.6 is 22.7 Å². The molecule has 0 atom stereocenters. The molecule has 0 bridgehead atoms. The second-order valence-electron chi connectivity index (χ2n) is 25.6. The van der Waals surface area contributed by atoms with E-state index in [-0.39, 0.29) is 0 Å². The maximum atomic E-state index is 5.02. The first-order valence-corrected chi connectivity index (χ1v) is 36.4. The topological polar surface area (TPSA) is 155 Å². The van der Waals surface area contributed by atoms with Crippen molar-refractivity contribution in [1.82, 2.24) is 60.0 Å². The van der Waals surface area contributed by atoms with Gasteiger partial charge in [-0.05, 0) is 98.1 Å². The Morgan fingerprint density at radius 2 is 0.557 bits per heavy atom. The number of aromatic nitrogens is 12. The maximum absolute atomic E-state index is 5.02. The first-order chi connectivity index (χ1) is 52.5. The smallest absolute Gasteiger partial charge is 0.164 e. The molecule has 7 aromatic heterocycles. The van der Waals surface area contributed by atoms with Crippen LogP contribution in [0.1, 0.15) is 0 Å². The number of rotatable bonds is 12. The first-order valence-electron chi connectivity index (χ1n) is 34.7. The van der Waals surface area contributed by atoms with E-state index in [4.69, 9.17) is 44.9 Å². The lowest BCUT2D eigenvalue weighted by Crippen LogP contribution is -2.00. The summed E-state index contributed by atoms with van der Waals surface area (Å²) in [5.74, 6) is 3.77. The number of fused-ring (bicyclic) bond motifs is 9. The largest absolute Gasteiger partial charge is 0.241 e. The molecule has 0 aliphatic rings. The fourth-order valence-corrected chi connectivity index (χ4v) is 15.7. The highest BCUT2D eigenvalue weighted by Crippen LogP contribution is 2.41. The van der Waals surface area contributed by atoms with Crippen LogP contribution in [0.2, 0.25) is 0 Å². The number of thiophene rings is 2. The van der Waals surface area contributed by atoms with Crippen LogP contribution in [0.5, 0.6) is 0 Å². The molecule has 0 amide bonds. The van der Waals surface area contributed by atoms with Crippen molar-refractivity contribution in [3.63, 3.8) is 0 Å². The lowest BCUT2D eigenvalue weighted by atomic mass is 9.98. The van der Waals surface area contributed by atoms with Crippen molar-refractivity contribution in [2.24, 2.45) is 0 Å². The molecule has 7 heterocycles. The van der Waals surface area contributed by atoms with E-state index in [0.717, 1.165) is 143 Å². The van der Waals surface area contributed by atoms with Gasteiger partial charge in [-0.3, -0.25) is 0 Å². The average Bonchev–Trinajstić information content (AvgIpc) is 1.61. The molecule has 0 unspecified atom stereocenters. The van der Waals surface area contributed by atoms with Gasteiger partial charge in [0.25, 0.3) is 0 Å². The quantitative estimate of drug-likeness (QED) is 0.114. The van der Waals surface area contributed by atoms with Crippen LogP contribution in [0, 0.1) is 0 Å². The van der Waals surface area contributed by atoms with E-state index in [1.54, 1.807) is 29.0 Å². The molecular weight excluding hydrogens is 1340 g/mol. The maximum Gasteiger partial charge on any atom is 0.164 e. The first kappa shape index (κ1) is 63.0. The second-order valence-corrected chi connectivity index (χ2v) is 27.7. The van der Waals surface area contributed by atoms with E-state index in [1.807, 2.05) is 115 Å². The van der Waals surface area contributed by atoms with E-state index in [1.165, 1.54) is 20.5 Å². The number of para-hydroxylation sites is 2. The summed E-state index contributed by atoms with van der Waals surface area (Å²) in [7, 11) is 0. The van der Waals surface area contributed by atoms with E-state index >= 15 is 0 Å². The molecule has 0 fully saturated rings. The normalized spacial score (nSPS) is 11.4. The Balaban J connectivity index is 0.000000145. The number of hydrogen-bond acceptors (Lipinski definition) is 14. The summed E-state index contributed by atoms with van der Waals surface area (Å²) in [4.78, 5) is 49.8. The van der Waals surface area contributed by atoms with E-state index in [9.17, 15) is 0 Å². The van der Waals surface area contributed by atoms with Crippen molar-refractivity contribution < 1.29 is 0 Å². The number of hydrogen-bond donors (Lipinski definition) is 0. The van der Waals surface area contributed by atoms with Gasteiger partial charge in [0, 0.05) is 54.4 Å². The zero-order valence-electron chi connectivity index (χ0n) is 56.5. The van der Waals surface area contributed by atoms with Gasteiger partial charge < -0.3 is 0 Å². The summed E-state index contributed by atoms with van der Waals surface area (Å²) in [6.07, 6.45) is 1.61. The van der Waals surface area contributed by atoms with Gasteiger partial charge in [-0.1, -0.05) is 291 Å². The Bertz CT molecular complexity index is 6660. The minimum Gasteiger partial charge on any atom is -0.241 e. The third kappa shape index (κ3) is 12.4. The van der Waals surface area contributed by atoms with Gasteiger partial charge in [-0.25, -0.2) is 49.8 Å². The van der Waals surface area contributed by atoms with Crippen molar-refractivity contribution >= 4 is 85.5 Å². The third-order valence-electron chi connectivity index (χ3n) is 19.0. The number of nitrogens with zero attached hydrogens (tertiary/aromatic N) is 12. The van der Waals surface area contributed by atoms with E-state index < -0.39 is 0 Å². The van der Waals surface area contributed by atoms with Gasteiger partial charge in [0.05, 0.1) is 31.6 Å². The van der Waals surface area contributed by atoms with Crippen LogP contribution in [0.3, 0.4) is 0 Å². The predicted octanol–water partition coefficient (Wildman–Crippen LogP) is 23.2. The van der Waals surface area contributed by atoms with Gasteiger partial charge in [0.1, 0.15) is 27.7 Å². The van der Waals surface area contributed by atoms with E-state index in [0.29, 0.717) is 34.9 Å². The summed E-state index contributed by atoms with van der Waals surface area (Å²) in [5.41, 5.74) is 23.9. The van der Waals surface area contributed by atoms with Crippen LogP contribution < -0.4 is 0 Å². The molecule has 20 rings (SSSR count). The summed E-state index contributed by atoms with van der Waals surface area (Å²) in [6, 6.07) is 114. The summed E-state index contributed by atoms with van der Waals surface area (Å²) >= 11 is 3.36. The van der Waals surface area contributed by atoms with Crippen LogP contribution in [-0.4, -0.2) is 60.0 Å². The fourth-order valence-electron chi connectivity index (χ4n) is 13.5. The van der Waals surface area contributed by atoms with Crippen LogP contribution in [-0.2, 0) is 0 Å². The van der Waals surface area contributed by atoms with Gasteiger partial charge in [-0.15, -0.1) is 32.9 Å². The van der Waals surface area contributed by atoms with Gasteiger partial charge >= 0.3 is 0 Å². The molecule has 0 aliphatic carbocycles. The molecule has 0 N–H and O–H groups in total. The highest BCUT2D eigenvalue weighted by molar-refractivity contribution is 7.26. The van der Waals surface area contributed by atoms with Crippen LogP contribution in [0.25, 0.3) is 198 Å². The Kier molecular flexibility index (Phi) is 16.3. The lowest BCUT2D eigenvalue weighted by molar-refractivity contribution is 1.07. The predicted molar refractivity (Wildman–Crippen MR) is 432 cm³/mol. The van der Waals surface area contributed by atoms with Crippen molar-refractivity contribution in [3.8, 4) is 135 Å². The summed E-state index contributed by atoms with van der Waals surface area (Å²) in [5, 5.41) is 11.4. The average molecular weight is 1390 g/mol. The Labute approximate surface area is 616 Å². The fraction of sp³-hybridized carbons (Fsp3) is 0. The Morgan fingerprint density at radius 1 is 0.198 bits per heavy atom. The SMILES string of the molecule is c1ccc(-c2ccc(-c3nc(-c4ccccc4)nc(-c4cccc(-c5ccc(-c6ccc7sc8c9ccccc9nnc8c7c6)cc5)c4)n3)cc2)cc1.c1ccc(-c2ccc(-c3nc(-c4ccccc4)nc(-c4cccc(-c5ccc(-c6ncnc7c6sc6nc8ccccc8nc67)cc5)c4)n3)cc2)cc1. The summed E-state index contributed by atoms with van der Waals surface area (Å²) < 4.78 is 3.37. The molecule has 0 spiro atoms. The number of benzene rings is 13. The Morgan fingerprint density at radius 3 is 1.06 bits per heavy atom. The highest BCUT2D eigenvalue weighted by atomic mass is 32.1. The molecule has 12 nitrogen and oxygen atoms in total. The van der Waals surface area contributed by atoms with Crippen LogP contribution in [0.15, 0.2) is 340 Å². The minimum absolute atomic E-state index is 0.613. The lowest BCUT2D eigenvalue weighted by Gasteiger charge is -2.10.